The number of para-hydroxylation sites is 1. The molecule has 1 unspecified atom stereocenters. The normalized spacial score (nSPS) is 16.5. The highest BCUT2D eigenvalue weighted by atomic mass is 16.4. The van der Waals surface area contributed by atoms with E-state index in [4.69, 9.17) is 4.42 Å². The number of hydrogen-bond acceptors (Lipinski definition) is 5. The van der Waals surface area contributed by atoms with Gasteiger partial charge in [-0.2, -0.15) is 0 Å². The maximum atomic E-state index is 12.6. The number of rotatable bonds is 5. The highest BCUT2D eigenvalue weighted by Gasteiger charge is 2.37. The van der Waals surface area contributed by atoms with Crippen LogP contribution < -0.4 is 10.2 Å². The quantitative estimate of drug-likeness (QED) is 0.704. The van der Waals surface area contributed by atoms with Crippen molar-refractivity contribution in [1.82, 2.24) is 15.5 Å². The lowest BCUT2D eigenvalue weighted by atomic mass is 10.1. The zero-order valence-corrected chi connectivity index (χ0v) is 14.5. The smallest absolute Gasteiger partial charge is 0.247 e. The van der Waals surface area contributed by atoms with Crippen LogP contribution in [0.25, 0.3) is 11.5 Å². The summed E-state index contributed by atoms with van der Waals surface area (Å²) in [5, 5.41) is 10.7. The van der Waals surface area contributed by atoms with E-state index >= 15 is 0 Å². The summed E-state index contributed by atoms with van der Waals surface area (Å²) in [6.45, 7) is 0.618. The molecule has 1 saturated heterocycles. The van der Waals surface area contributed by atoms with Crippen LogP contribution >= 0.6 is 0 Å². The number of carbonyl (C=O) groups excluding carboxylic acids is 2. The van der Waals surface area contributed by atoms with Gasteiger partial charge >= 0.3 is 0 Å². The topological polar surface area (TPSA) is 88.3 Å². The molecule has 4 rings (SSSR count). The SMILES string of the molecule is O=C(NCc1nnc(-c2ccccc2)o1)C1CCN(c2ccccc2)C1=O. The lowest BCUT2D eigenvalue weighted by Gasteiger charge is -2.16. The molecule has 1 atom stereocenters. The van der Waals surface area contributed by atoms with Crippen molar-refractivity contribution in [2.24, 2.45) is 5.92 Å². The van der Waals surface area contributed by atoms with Crippen molar-refractivity contribution in [3.8, 4) is 11.5 Å². The maximum Gasteiger partial charge on any atom is 0.247 e. The number of benzene rings is 2. The van der Waals surface area contributed by atoms with Crippen molar-refractivity contribution < 1.29 is 14.0 Å². The summed E-state index contributed by atoms with van der Waals surface area (Å²) in [5.74, 6) is -0.506. The summed E-state index contributed by atoms with van der Waals surface area (Å²) in [5.41, 5.74) is 1.62. The van der Waals surface area contributed by atoms with Gasteiger partial charge in [0.1, 0.15) is 5.92 Å². The van der Waals surface area contributed by atoms with Crippen LogP contribution in [0, 0.1) is 5.92 Å². The average molecular weight is 362 g/mol. The molecule has 136 valence electrons. The number of carbonyl (C=O) groups is 2. The van der Waals surface area contributed by atoms with Crippen LogP contribution in [-0.4, -0.2) is 28.6 Å². The molecule has 1 N–H and O–H groups in total. The first kappa shape index (κ1) is 17.0. The summed E-state index contributed by atoms with van der Waals surface area (Å²) < 4.78 is 5.57. The zero-order chi connectivity index (χ0) is 18.6. The fourth-order valence-electron chi connectivity index (χ4n) is 3.10. The Hall–Kier alpha value is -3.48. The van der Waals surface area contributed by atoms with Gasteiger partial charge in [0.15, 0.2) is 0 Å². The Labute approximate surface area is 156 Å². The summed E-state index contributed by atoms with van der Waals surface area (Å²) in [6.07, 6.45) is 0.485. The minimum atomic E-state index is -0.693. The fourth-order valence-corrected chi connectivity index (χ4v) is 3.10. The van der Waals surface area contributed by atoms with Gasteiger partial charge in [0.25, 0.3) is 0 Å². The molecule has 3 aromatic rings. The molecule has 0 bridgehead atoms. The van der Waals surface area contributed by atoms with Crippen LogP contribution in [0.15, 0.2) is 65.1 Å². The molecule has 0 spiro atoms. The lowest BCUT2D eigenvalue weighted by Crippen LogP contribution is -2.36. The highest BCUT2D eigenvalue weighted by Crippen LogP contribution is 2.25. The second kappa shape index (κ2) is 7.41. The predicted molar refractivity (Wildman–Crippen MR) is 98.5 cm³/mol. The van der Waals surface area contributed by atoms with E-state index in [0.29, 0.717) is 24.7 Å². The number of amides is 2. The van der Waals surface area contributed by atoms with Gasteiger partial charge in [-0.15, -0.1) is 10.2 Å². The number of anilines is 1. The minimum Gasteiger partial charge on any atom is -0.419 e. The molecule has 7 nitrogen and oxygen atoms in total. The molecule has 1 aliphatic heterocycles. The third-order valence-corrected chi connectivity index (χ3v) is 4.49. The second-order valence-electron chi connectivity index (χ2n) is 6.25. The molecule has 2 amide bonds. The Morgan fingerprint density at radius 1 is 1.07 bits per heavy atom. The van der Waals surface area contributed by atoms with Crippen LogP contribution in [0.4, 0.5) is 5.69 Å². The molecule has 0 radical (unpaired) electrons. The Morgan fingerprint density at radius 2 is 1.78 bits per heavy atom. The number of hydrogen-bond donors (Lipinski definition) is 1. The minimum absolute atomic E-state index is 0.0911. The van der Waals surface area contributed by atoms with E-state index in [1.807, 2.05) is 60.7 Å². The van der Waals surface area contributed by atoms with Crippen molar-refractivity contribution in [3.05, 3.63) is 66.6 Å². The molecular weight excluding hydrogens is 344 g/mol. The molecule has 27 heavy (non-hydrogen) atoms. The number of aromatic nitrogens is 2. The molecule has 1 fully saturated rings. The van der Waals surface area contributed by atoms with Gasteiger partial charge in [-0.25, -0.2) is 0 Å². The fraction of sp³-hybridized carbons (Fsp3) is 0.200. The third kappa shape index (κ3) is 3.57. The van der Waals surface area contributed by atoms with Gasteiger partial charge in [0, 0.05) is 17.8 Å². The van der Waals surface area contributed by atoms with E-state index in [0.717, 1.165) is 11.3 Å². The molecule has 1 aliphatic rings. The summed E-state index contributed by atoms with van der Waals surface area (Å²) in [6, 6.07) is 18.8. The highest BCUT2D eigenvalue weighted by molar-refractivity contribution is 6.09. The van der Waals surface area contributed by atoms with E-state index in [-0.39, 0.29) is 18.4 Å². The molecular formula is C20H18N4O3. The Morgan fingerprint density at radius 3 is 2.52 bits per heavy atom. The van der Waals surface area contributed by atoms with E-state index in [1.165, 1.54) is 0 Å². The van der Waals surface area contributed by atoms with Crippen molar-refractivity contribution in [2.45, 2.75) is 13.0 Å². The van der Waals surface area contributed by atoms with Gasteiger partial charge < -0.3 is 14.6 Å². The number of nitrogens with zero attached hydrogens (tertiary/aromatic N) is 3. The van der Waals surface area contributed by atoms with Crippen molar-refractivity contribution in [2.75, 3.05) is 11.4 Å². The molecule has 2 heterocycles. The Bertz CT molecular complexity index is 940. The summed E-state index contributed by atoms with van der Waals surface area (Å²) in [4.78, 5) is 26.6. The van der Waals surface area contributed by atoms with E-state index in [9.17, 15) is 9.59 Å². The van der Waals surface area contributed by atoms with Crippen LogP contribution in [0.2, 0.25) is 0 Å². The molecule has 1 aromatic heterocycles. The monoisotopic (exact) mass is 362 g/mol. The first-order valence-corrected chi connectivity index (χ1v) is 8.74. The van der Waals surface area contributed by atoms with Gasteiger partial charge in [0.05, 0.1) is 6.54 Å². The van der Waals surface area contributed by atoms with Crippen LogP contribution in [0.1, 0.15) is 12.3 Å². The second-order valence-corrected chi connectivity index (χ2v) is 6.25. The molecule has 7 heteroatoms. The van der Waals surface area contributed by atoms with E-state index in [2.05, 4.69) is 15.5 Å². The Balaban J connectivity index is 1.36. The number of nitrogens with one attached hydrogen (secondary N) is 1. The third-order valence-electron chi connectivity index (χ3n) is 4.49. The van der Waals surface area contributed by atoms with Crippen LogP contribution in [0.3, 0.4) is 0 Å². The van der Waals surface area contributed by atoms with E-state index < -0.39 is 5.92 Å². The first-order chi connectivity index (χ1) is 13.2. The van der Waals surface area contributed by atoms with Crippen molar-refractivity contribution in [3.63, 3.8) is 0 Å². The van der Waals surface area contributed by atoms with Gasteiger partial charge in [-0.05, 0) is 30.7 Å². The van der Waals surface area contributed by atoms with Crippen LogP contribution in [0.5, 0.6) is 0 Å². The van der Waals surface area contributed by atoms with Gasteiger partial charge in [0.2, 0.25) is 23.6 Å². The van der Waals surface area contributed by atoms with Gasteiger partial charge in [-0.1, -0.05) is 36.4 Å². The average Bonchev–Trinajstić information content (AvgIpc) is 3.34. The van der Waals surface area contributed by atoms with E-state index in [1.54, 1.807) is 4.90 Å². The summed E-state index contributed by atoms with van der Waals surface area (Å²) >= 11 is 0. The maximum absolute atomic E-state index is 12.6. The van der Waals surface area contributed by atoms with Gasteiger partial charge in [-0.3, -0.25) is 9.59 Å². The Kier molecular flexibility index (Phi) is 4.65. The lowest BCUT2D eigenvalue weighted by molar-refractivity contribution is -0.132. The molecule has 0 aliphatic carbocycles. The first-order valence-electron chi connectivity index (χ1n) is 8.74. The summed E-state index contributed by atoms with van der Waals surface area (Å²) in [7, 11) is 0. The standard InChI is InChI=1S/C20H18N4O3/c25-18(16-11-12-24(20(16)26)15-9-5-2-6-10-15)21-13-17-22-23-19(27-17)14-7-3-1-4-8-14/h1-10,16H,11-13H2,(H,21,25). The molecule has 0 saturated carbocycles. The largest absolute Gasteiger partial charge is 0.419 e. The van der Waals surface area contributed by atoms with Crippen molar-refractivity contribution >= 4 is 17.5 Å². The zero-order valence-electron chi connectivity index (χ0n) is 14.5. The van der Waals surface area contributed by atoms with Crippen LogP contribution in [-0.2, 0) is 16.1 Å². The van der Waals surface area contributed by atoms with Crippen molar-refractivity contribution in [1.29, 1.82) is 0 Å². The predicted octanol–water partition coefficient (Wildman–Crippen LogP) is 2.41. The molecule has 2 aromatic carbocycles.